The van der Waals surface area contributed by atoms with E-state index in [0.29, 0.717) is 10.6 Å². The van der Waals surface area contributed by atoms with Crippen LogP contribution in [0.4, 0.5) is 5.69 Å². The Labute approximate surface area is 236 Å². The lowest BCUT2D eigenvalue weighted by atomic mass is 10.1. The molecule has 2 aromatic carbocycles. The number of benzene rings is 2. The monoisotopic (exact) mass is 615 g/mol. The van der Waals surface area contributed by atoms with E-state index in [1.165, 1.54) is 23.1 Å². The van der Waals surface area contributed by atoms with Crippen molar-refractivity contribution in [2.24, 2.45) is 0 Å². The summed E-state index contributed by atoms with van der Waals surface area (Å²) in [5.74, 6) is -1.11. The topological polar surface area (TPSA) is 86.8 Å². The number of carbonyl (C=O) groups is 2. The molecule has 0 saturated carbocycles. The molecule has 13 heteroatoms. The highest BCUT2D eigenvalue weighted by Crippen LogP contribution is 2.35. The molecule has 2 rings (SSSR count). The van der Waals surface area contributed by atoms with Gasteiger partial charge in [0.15, 0.2) is 0 Å². The number of hydrogen-bond acceptors (Lipinski definition) is 4. The molecule has 1 N–H and O–H groups in total. The van der Waals surface area contributed by atoms with Gasteiger partial charge in [-0.15, -0.1) is 0 Å². The van der Waals surface area contributed by atoms with Crippen LogP contribution in [0.1, 0.15) is 33.3 Å². The molecular weight excluding hydrogens is 592 g/mol. The smallest absolute Gasteiger partial charge is 0.244 e. The second-order valence-electron chi connectivity index (χ2n) is 9.16. The van der Waals surface area contributed by atoms with E-state index in [2.05, 4.69) is 5.32 Å². The van der Waals surface area contributed by atoms with Gasteiger partial charge in [0, 0.05) is 22.1 Å². The lowest BCUT2D eigenvalue weighted by molar-refractivity contribution is -0.140. The maximum absolute atomic E-state index is 13.6. The fraction of sp³-hybridized carbons (Fsp3) is 0.391. The van der Waals surface area contributed by atoms with Gasteiger partial charge in [0.2, 0.25) is 21.8 Å². The minimum Gasteiger partial charge on any atom is -0.350 e. The molecule has 0 aliphatic heterocycles. The predicted molar refractivity (Wildman–Crippen MR) is 148 cm³/mol. The van der Waals surface area contributed by atoms with E-state index in [9.17, 15) is 18.0 Å². The summed E-state index contributed by atoms with van der Waals surface area (Å²) in [4.78, 5) is 27.8. The fourth-order valence-electron chi connectivity index (χ4n) is 3.19. The number of nitrogens with zero attached hydrogens (tertiary/aromatic N) is 2. The summed E-state index contributed by atoms with van der Waals surface area (Å²) in [6.45, 7) is 6.21. The summed E-state index contributed by atoms with van der Waals surface area (Å²) in [5, 5.41) is 3.68. The first kappa shape index (κ1) is 30.8. The molecule has 7 nitrogen and oxygen atoms in total. The van der Waals surface area contributed by atoms with Gasteiger partial charge in [0.25, 0.3) is 0 Å². The fourth-order valence-corrected chi connectivity index (χ4v) is 5.20. The molecule has 36 heavy (non-hydrogen) atoms. The third kappa shape index (κ3) is 8.30. The molecule has 0 fully saturated rings. The summed E-state index contributed by atoms with van der Waals surface area (Å²) in [7, 11) is -4.00. The van der Waals surface area contributed by atoms with Crippen LogP contribution in [0.2, 0.25) is 25.1 Å². The highest BCUT2D eigenvalue weighted by atomic mass is 35.5. The number of rotatable bonds is 8. The summed E-state index contributed by atoms with van der Waals surface area (Å²) in [6.07, 6.45) is 0.926. The molecule has 0 bridgehead atoms. The number of hydrogen-bond donors (Lipinski definition) is 1. The summed E-state index contributed by atoms with van der Waals surface area (Å²) >= 11 is 30.6. The molecule has 0 radical (unpaired) electrons. The van der Waals surface area contributed by atoms with Gasteiger partial charge in [-0.25, -0.2) is 8.42 Å². The number of halogens is 5. The molecular formula is C23H26Cl5N3O4S. The number of carbonyl (C=O) groups excluding carboxylic acids is 2. The van der Waals surface area contributed by atoms with Crippen LogP contribution >= 0.6 is 58.0 Å². The minimum atomic E-state index is -4.00. The van der Waals surface area contributed by atoms with E-state index in [-0.39, 0.29) is 32.3 Å². The molecule has 0 aliphatic carbocycles. The predicted octanol–water partition coefficient (Wildman–Crippen LogP) is 6.05. The van der Waals surface area contributed by atoms with E-state index in [0.717, 1.165) is 10.6 Å². The Hall–Kier alpha value is -1.42. The number of amides is 2. The molecule has 0 unspecified atom stereocenters. The lowest BCUT2D eigenvalue weighted by Crippen LogP contribution is -2.54. The van der Waals surface area contributed by atoms with Crippen LogP contribution in [-0.2, 0) is 26.2 Å². The molecule has 0 aromatic heterocycles. The molecule has 0 saturated heterocycles. The first-order chi connectivity index (χ1) is 16.4. The standard InChI is InChI=1S/C23H26Cl5N3O4S/c1-13(22(33)29-23(2,3)4)30(11-14-6-7-15(24)8-16(14)25)21(32)12-31(36(5,34)35)20-10-18(27)17(26)9-19(20)28/h6-10,13H,11-12H2,1-5H3,(H,29,33)/t13-/m1/s1. The first-order valence-electron chi connectivity index (χ1n) is 10.6. The molecule has 2 aromatic rings. The van der Waals surface area contributed by atoms with Gasteiger partial charge < -0.3 is 10.2 Å². The van der Waals surface area contributed by atoms with Crippen LogP contribution in [0, 0.1) is 0 Å². The van der Waals surface area contributed by atoms with Gasteiger partial charge in [-0.05, 0) is 57.5 Å². The Morgan fingerprint density at radius 1 is 0.944 bits per heavy atom. The van der Waals surface area contributed by atoms with E-state index < -0.39 is 40.0 Å². The second kappa shape index (κ2) is 12.0. The highest BCUT2D eigenvalue weighted by molar-refractivity contribution is 7.92. The Morgan fingerprint density at radius 3 is 2.06 bits per heavy atom. The van der Waals surface area contributed by atoms with Gasteiger partial charge in [-0.1, -0.05) is 64.1 Å². The van der Waals surface area contributed by atoms with Gasteiger partial charge >= 0.3 is 0 Å². The third-order valence-electron chi connectivity index (χ3n) is 4.96. The van der Waals surface area contributed by atoms with Crippen molar-refractivity contribution in [3.63, 3.8) is 0 Å². The largest absolute Gasteiger partial charge is 0.350 e. The normalized spacial score (nSPS) is 12.7. The van der Waals surface area contributed by atoms with Crippen molar-refractivity contribution in [1.29, 1.82) is 0 Å². The molecule has 198 valence electrons. The Bertz CT molecular complexity index is 1270. The molecule has 2 amide bonds. The van der Waals surface area contributed by atoms with Crippen LogP contribution < -0.4 is 9.62 Å². The van der Waals surface area contributed by atoms with Crippen molar-refractivity contribution >= 4 is 85.5 Å². The van der Waals surface area contributed by atoms with Crippen LogP contribution in [0.15, 0.2) is 30.3 Å². The Morgan fingerprint density at radius 2 is 1.53 bits per heavy atom. The van der Waals surface area contributed by atoms with Crippen molar-refractivity contribution in [3.8, 4) is 0 Å². The van der Waals surface area contributed by atoms with Crippen LogP contribution in [-0.4, -0.2) is 49.5 Å². The number of sulfonamides is 1. The Kier molecular flexibility index (Phi) is 10.2. The van der Waals surface area contributed by atoms with Gasteiger partial charge in [0.1, 0.15) is 12.6 Å². The molecule has 1 atom stereocenters. The average molecular weight is 618 g/mol. The minimum absolute atomic E-state index is 0.0200. The summed E-state index contributed by atoms with van der Waals surface area (Å²) in [5.41, 5.74) is -0.0776. The highest BCUT2D eigenvalue weighted by Gasteiger charge is 2.32. The van der Waals surface area contributed by atoms with Crippen molar-refractivity contribution in [2.75, 3.05) is 17.1 Å². The zero-order chi connectivity index (χ0) is 27.6. The average Bonchev–Trinajstić information content (AvgIpc) is 2.71. The quantitative estimate of drug-likeness (QED) is 0.366. The molecule has 0 aliphatic rings. The number of anilines is 1. The van der Waals surface area contributed by atoms with Crippen LogP contribution in [0.5, 0.6) is 0 Å². The number of nitrogens with one attached hydrogen (secondary N) is 1. The van der Waals surface area contributed by atoms with Gasteiger partial charge in [0.05, 0.1) is 27.0 Å². The van der Waals surface area contributed by atoms with Crippen molar-refractivity contribution in [2.45, 2.75) is 45.8 Å². The van der Waals surface area contributed by atoms with Crippen molar-refractivity contribution < 1.29 is 18.0 Å². The third-order valence-corrected chi connectivity index (χ3v) is 7.70. The zero-order valence-corrected chi connectivity index (χ0v) is 24.8. The molecule has 0 heterocycles. The Balaban J connectivity index is 2.51. The van der Waals surface area contributed by atoms with Crippen LogP contribution in [0.3, 0.4) is 0 Å². The lowest BCUT2D eigenvalue weighted by Gasteiger charge is -2.33. The van der Waals surface area contributed by atoms with Crippen LogP contribution in [0.25, 0.3) is 0 Å². The van der Waals surface area contributed by atoms with Crippen molar-refractivity contribution in [3.05, 3.63) is 61.0 Å². The summed E-state index contributed by atoms with van der Waals surface area (Å²) < 4.78 is 26.2. The SMILES string of the molecule is C[C@H](C(=O)NC(C)(C)C)N(Cc1ccc(Cl)cc1Cl)C(=O)CN(c1cc(Cl)c(Cl)cc1Cl)S(C)(=O)=O. The summed E-state index contributed by atoms with van der Waals surface area (Å²) in [6, 6.07) is 6.31. The van der Waals surface area contributed by atoms with Crippen molar-refractivity contribution in [1.82, 2.24) is 10.2 Å². The maximum Gasteiger partial charge on any atom is 0.244 e. The molecule has 0 spiro atoms. The zero-order valence-electron chi connectivity index (χ0n) is 20.2. The van der Waals surface area contributed by atoms with E-state index in [4.69, 9.17) is 58.0 Å². The van der Waals surface area contributed by atoms with Gasteiger partial charge in [-0.3, -0.25) is 13.9 Å². The maximum atomic E-state index is 13.6. The van der Waals surface area contributed by atoms with Gasteiger partial charge in [-0.2, -0.15) is 0 Å². The second-order valence-corrected chi connectivity index (χ2v) is 13.1. The first-order valence-corrected chi connectivity index (χ1v) is 14.3. The van der Waals surface area contributed by atoms with E-state index >= 15 is 0 Å². The van der Waals surface area contributed by atoms with E-state index in [1.807, 2.05) is 0 Å². The van der Waals surface area contributed by atoms with E-state index in [1.54, 1.807) is 39.8 Å².